The van der Waals surface area contributed by atoms with E-state index in [4.69, 9.17) is 4.74 Å². The minimum absolute atomic E-state index is 0.187. The summed E-state index contributed by atoms with van der Waals surface area (Å²) < 4.78 is 20.7. The van der Waals surface area contributed by atoms with Gasteiger partial charge < -0.3 is 9.64 Å². The molecule has 0 aromatic carbocycles. The third-order valence-electron chi connectivity index (χ3n) is 5.19. The third-order valence-corrected chi connectivity index (χ3v) is 5.19. The fraction of sp³-hybridized carbons (Fsp3) is 1.00. The lowest BCUT2D eigenvalue weighted by Crippen LogP contribution is -2.50. The van der Waals surface area contributed by atoms with Gasteiger partial charge in [0.15, 0.2) is 0 Å². The van der Waals surface area contributed by atoms with Crippen molar-refractivity contribution in [3.05, 3.63) is 0 Å². The van der Waals surface area contributed by atoms with Gasteiger partial charge in [-0.3, -0.25) is 4.90 Å². The zero-order valence-corrected chi connectivity index (χ0v) is 16.6. The Morgan fingerprint density at radius 2 is 1.67 bits per heavy atom. The molecule has 0 aromatic rings. The van der Waals surface area contributed by atoms with E-state index in [1.807, 2.05) is 0 Å². The Balaban J connectivity index is 1.68. The van der Waals surface area contributed by atoms with Gasteiger partial charge in [-0.2, -0.15) is 0 Å². The summed E-state index contributed by atoms with van der Waals surface area (Å²) in [4.78, 5) is 4.80. The molecule has 24 heavy (non-hydrogen) atoms. The van der Waals surface area contributed by atoms with E-state index in [0.29, 0.717) is 6.54 Å². The molecule has 142 valence electrons. The molecular formula is C20H39FN2O. The van der Waals surface area contributed by atoms with E-state index in [0.717, 1.165) is 51.4 Å². The lowest BCUT2D eigenvalue weighted by molar-refractivity contribution is -0.101. The van der Waals surface area contributed by atoms with Crippen molar-refractivity contribution in [2.24, 2.45) is 11.3 Å². The molecule has 0 amide bonds. The minimum Gasteiger partial charge on any atom is -0.372 e. The summed E-state index contributed by atoms with van der Waals surface area (Å²) in [6.45, 7) is 17.1. The van der Waals surface area contributed by atoms with Crippen molar-refractivity contribution in [3.8, 4) is 0 Å². The van der Waals surface area contributed by atoms with Gasteiger partial charge in [0.2, 0.25) is 0 Å². The Bertz CT molecular complexity index is 361. The van der Waals surface area contributed by atoms with Gasteiger partial charge in [0.25, 0.3) is 0 Å². The molecule has 2 aliphatic heterocycles. The van der Waals surface area contributed by atoms with E-state index in [2.05, 4.69) is 44.4 Å². The minimum atomic E-state index is -0.833. The van der Waals surface area contributed by atoms with E-state index in [1.165, 1.54) is 13.0 Å². The van der Waals surface area contributed by atoms with Crippen molar-refractivity contribution < 1.29 is 9.13 Å². The van der Waals surface area contributed by atoms with E-state index >= 15 is 0 Å². The first-order chi connectivity index (χ1) is 11.2. The van der Waals surface area contributed by atoms with Crippen molar-refractivity contribution in [1.82, 2.24) is 9.80 Å². The summed E-state index contributed by atoms with van der Waals surface area (Å²) in [5.74, 6) is 0.768. The first-order valence-electron chi connectivity index (χ1n) is 9.97. The predicted octanol–water partition coefficient (Wildman–Crippen LogP) is 3.97. The smallest absolute Gasteiger partial charge is 0.139 e. The highest BCUT2D eigenvalue weighted by molar-refractivity contribution is 4.85. The molecule has 0 aliphatic carbocycles. The molecule has 0 bridgehead atoms. The molecule has 0 N–H and O–H groups in total. The number of nitrogens with zero attached hydrogens (tertiary/aromatic N) is 2. The Morgan fingerprint density at radius 3 is 2.21 bits per heavy atom. The van der Waals surface area contributed by atoms with Gasteiger partial charge in [-0.05, 0) is 43.6 Å². The molecule has 2 atom stereocenters. The van der Waals surface area contributed by atoms with Crippen molar-refractivity contribution in [2.45, 2.75) is 78.7 Å². The summed E-state index contributed by atoms with van der Waals surface area (Å²) in [6, 6.07) is 0. The molecule has 0 spiro atoms. The van der Waals surface area contributed by atoms with Crippen LogP contribution in [0.2, 0.25) is 0 Å². The number of halogens is 1. The highest BCUT2D eigenvalue weighted by Gasteiger charge is 2.33. The quantitative estimate of drug-likeness (QED) is 0.726. The number of alkyl halides is 1. The maximum absolute atomic E-state index is 14.5. The van der Waals surface area contributed by atoms with Crippen LogP contribution in [0, 0.1) is 11.3 Å². The second kappa shape index (κ2) is 8.95. The van der Waals surface area contributed by atoms with Crippen LogP contribution in [0.1, 0.15) is 60.3 Å². The lowest BCUT2D eigenvalue weighted by atomic mass is 9.94. The van der Waals surface area contributed by atoms with Gasteiger partial charge in [0.1, 0.15) is 6.17 Å². The largest absolute Gasteiger partial charge is 0.372 e. The number of likely N-dealkylation sites (tertiary alicyclic amines) is 2. The second-order valence-corrected chi connectivity index (χ2v) is 9.50. The van der Waals surface area contributed by atoms with Crippen molar-refractivity contribution in [1.29, 1.82) is 0 Å². The number of hydrogen-bond acceptors (Lipinski definition) is 3. The van der Waals surface area contributed by atoms with Crippen LogP contribution in [0.5, 0.6) is 0 Å². The fourth-order valence-electron chi connectivity index (χ4n) is 3.87. The monoisotopic (exact) mass is 342 g/mol. The van der Waals surface area contributed by atoms with Gasteiger partial charge >= 0.3 is 0 Å². The van der Waals surface area contributed by atoms with Crippen LogP contribution in [0.25, 0.3) is 0 Å². The molecular weight excluding hydrogens is 303 g/mol. The fourth-order valence-corrected chi connectivity index (χ4v) is 3.87. The summed E-state index contributed by atoms with van der Waals surface area (Å²) in [5, 5.41) is 0. The molecule has 0 radical (unpaired) electrons. The van der Waals surface area contributed by atoms with Crippen LogP contribution in [-0.4, -0.2) is 67.4 Å². The molecule has 2 saturated heterocycles. The average Bonchev–Trinajstić information content (AvgIpc) is 2.47. The molecule has 2 unspecified atom stereocenters. The maximum atomic E-state index is 14.5. The van der Waals surface area contributed by atoms with Gasteiger partial charge in [-0.25, -0.2) is 4.39 Å². The summed E-state index contributed by atoms with van der Waals surface area (Å²) in [6.07, 6.45) is 3.47. The normalized spacial score (nSPS) is 28.6. The molecule has 2 rings (SSSR count). The molecule has 2 aliphatic rings. The highest BCUT2D eigenvalue weighted by Crippen LogP contribution is 2.25. The van der Waals surface area contributed by atoms with E-state index in [1.54, 1.807) is 0 Å². The predicted molar refractivity (Wildman–Crippen MR) is 99.2 cm³/mol. The van der Waals surface area contributed by atoms with Crippen molar-refractivity contribution in [3.63, 3.8) is 0 Å². The zero-order valence-electron chi connectivity index (χ0n) is 16.6. The van der Waals surface area contributed by atoms with Crippen molar-refractivity contribution in [2.75, 3.05) is 39.3 Å². The molecule has 4 heteroatoms. The highest BCUT2D eigenvalue weighted by atomic mass is 19.1. The summed E-state index contributed by atoms with van der Waals surface area (Å²) >= 11 is 0. The topological polar surface area (TPSA) is 15.7 Å². The van der Waals surface area contributed by atoms with Crippen LogP contribution < -0.4 is 0 Å². The first-order valence-corrected chi connectivity index (χ1v) is 9.97. The molecule has 3 nitrogen and oxygen atoms in total. The summed E-state index contributed by atoms with van der Waals surface area (Å²) in [7, 11) is 0. The standard InChI is InChI=1S/C20H39FN2O/c1-16(2)6-10-22-11-7-17(8-12-22)24-19-9-13-23(14-18(19)21)15-20(3,4)5/h16-19H,6-15H2,1-5H3. The average molecular weight is 343 g/mol. The molecule has 0 saturated carbocycles. The van der Waals surface area contributed by atoms with Gasteiger partial charge in [-0.1, -0.05) is 34.6 Å². The van der Waals surface area contributed by atoms with Gasteiger partial charge in [0, 0.05) is 32.7 Å². The Morgan fingerprint density at radius 1 is 1.04 bits per heavy atom. The van der Waals surface area contributed by atoms with Crippen molar-refractivity contribution >= 4 is 0 Å². The number of piperidine rings is 2. The van der Waals surface area contributed by atoms with Crippen LogP contribution in [0.4, 0.5) is 4.39 Å². The SMILES string of the molecule is CC(C)CCN1CCC(OC2CCN(CC(C)(C)C)CC2F)CC1. The van der Waals surface area contributed by atoms with Crippen LogP contribution >= 0.6 is 0 Å². The Hall–Kier alpha value is -0.190. The zero-order chi connectivity index (χ0) is 17.7. The molecule has 0 aromatic heterocycles. The van der Waals surface area contributed by atoms with Crippen LogP contribution in [-0.2, 0) is 4.74 Å². The summed E-state index contributed by atoms with van der Waals surface area (Å²) in [5.41, 5.74) is 0.232. The first kappa shape index (κ1) is 20.1. The molecule has 2 fully saturated rings. The number of hydrogen-bond donors (Lipinski definition) is 0. The van der Waals surface area contributed by atoms with Crippen LogP contribution in [0.3, 0.4) is 0 Å². The third kappa shape index (κ3) is 6.97. The number of rotatable bonds is 6. The maximum Gasteiger partial charge on any atom is 0.139 e. The van der Waals surface area contributed by atoms with E-state index in [9.17, 15) is 4.39 Å². The Labute approximate surface area is 148 Å². The van der Waals surface area contributed by atoms with Gasteiger partial charge in [-0.15, -0.1) is 0 Å². The van der Waals surface area contributed by atoms with E-state index < -0.39 is 6.17 Å². The Kier molecular flexibility index (Phi) is 7.51. The number of ether oxygens (including phenoxy) is 1. The molecule has 2 heterocycles. The van der Waals surface area contributed by atoms with E-state index in [-0.39, 0.29) is 17.6 Å². The second-order valence-electron chi connectivity index (χ2n) is 9.50. The van der Waals surface area contributed by atoms with Crippen LogP contribution in [0.15, 0.2) is 0 Å². The van der Waals surface area contributed by atoms with Gasteiger partial charge in [0.05, 0.1) is 12.2 Å². The lowest BCUT2D eigenvalue weighted by Gasteiger charge is -2.40.